The van der Waals surface area contributed by atoms with Crippen LogP contribution in [0.25, 0.3) is 0 Å². The van der Waals surface area contributed by atoms with Gasteiger partial charge in [-0.05, 0) is 30.7 Å². The molecule has 19 heavy (non-hydrogen) atoms. The number of nitrogens with one attached hydrogen (secondary N) is 1. The summed E-state index contributed by atoms with van der Waals surface area (Å²) < 4.78 is 32.1. The molecule has 104 valence electrons. The molecule has 0 aromatic carbocycles. The van der Waals surface area contributed by atoms with Gasteiger partial charge in [0, 0.05) is 11.4 Å². The maximum Gasteiger partial charge on any atom is 0.273 e. The first-order valence-electron chi connectivity index (χ1n) is 5.54. The van der Waals surface area contributed by atoms with Gasteiger partial charge >= 0.3 is 0 Å². The fourth-order valence-corrected chi connectivity index (χ4v) is 3.54. The number of nitrogens with two attached hydrogens (primary N) is 1. The van der Waals surface area contributed by atoms with Crippen molar-refractivity contribution >= 4 is 33.0 Å². The predicted molar refractivity (Wildman–Crippen MR) is 74.8 cm³/mol. The van der Waals surface area contributed by atoms with Crippen LogP contribution in [0.1, 0.15) is 10.6 Å². The van der Waals surface area contributed by atoms with E-state index in [1.54, 1.807) is 12.1 Å². The molecule has 0 saturated carbocycles. The van der Waals surface area contributed by atoms with Gasteiger partial charge in [-0.25, -0.2) is 13.1 Å². The van der Waals surface area contributed by atoms with Gasteiger partial charge < -0.3 is 10.2 Å². The van der Waals surface area contributed by atoms with Gasteiger partial charge in [0.05, 0.1) is 10.9 Å². The predicted octanol–water partition coefficient (Wildman–Crippen LogP) is 1.97. The summed E-state index contributed by atoms with van der Waals surface area (Å²) in [5.41, 5.74) is 5.36. The molecule has 2 rings (SSSR count). The molecule has 0 aliphatic heterocycles. The molecule has 0 amide bonds. The Bertz CT molecular complexity index is 648. The second-order valence-electron chi connectivity index (χ2n) is 3.78. The standard InChI is InChI=1S/C11H13ClN2O3S2/c12-10-3-2-9(18-10)5-6-14-19(15,16)11-4-1-8(7-13)17-11/h1-4,14H,5-7,13H2. The molecule has 2 aromatic heterocycles. The van der Waals surface area contributed by atoms with Crippen LogP contribution in [0, 0.1) is 0 Å². The first kappa shape index (κ1) is 14.5. The van der Waals surface area contributed by atoms with Gasteiger partial charge in [0.2, 0.25) is 5.09 Å². The second kappa shape index (κ2) is 6.06. The summed E-state index contributed by atoms with van der Waals surface area (Å²) in [6.07, 6.45) is 0.584. The minimum atomic E-state index is -3.61. The summed E-state index contributed by atoms with van der Waals surface area (Å²) >= 11 is 7.23. The van der Waals surface area contributed by atoms with Gasteiger partial charge in [-0.2, -0.15) is 0 Å². The van der Waals surface area contributed by atoms with Crippen LogP contribution in [-0.4, -0.2) is 15.0 Å². The lowest BCUT2D eigenvalue weighted by Crippen LogP contribution is -2.25. The third-order valence-corrected chi connectivity index (χ3v) is 5.02. The molecule has 0 radical (unpaired) electrons. The van der Waals surface area contributed by atoms with Crippen LogP contribution in [0.2, 0.25) is 4.34 Å². The topological polar surface area (TPSA) is 85.3 Å². The number of sulfonamides is 1. The summed E-state index contributed by atoms with van der Waals surface area (Å²) in [7, 11) is -3.61. The van der Waals surface area contributed by atoms with Crippen molar-refractivity contribution in [2.75, 3.05) is 6.54 Å². The van der Waals surface area contributed by atoms with E-state index >= 15 is 0 Å². The van der Waals surface area contributed by atoms with E-state index in [2.05, 4.69) is 4.72 Å². The number of thiophene rings is 1. The van der Waals surface area contributed by atoms with E-state index in [4.69, 9.17) is 21.8 Å². The fourth-order valence-electron chi connectivity index (χ4n) is 1.48. The SMILES string of the molecule is NCc1ccc(S(=O)(=O)NCCc2ccc(Cl)s2)o1. The monoisotopic (exact) mass is 320 g/mol. The minimum Gasteiger partial charge on any atom is -0.447 e. The Kier molecular flexibility index (Phi) is 4.64. The number of hydrogen-bond donors (Lipinski definition) is 2. The third-order valence-electron chi connectivity index (χ3n) is 2.40. The second-order valence-corrected chi connectivity index (χ2v) is 7.28. The highest BCUT2D eigenvalue weighted by molar-refractivity contribution is 7.89. The Labute approximate surface area is 120 Å². The van der Waals surface area contributed by atoms with Gasteiger partial charge in [-0.15, -0.1) is 11.3 Å². The average molecular weight is 321 g/mol. The maximum atomic E-state index is 11.9. The molecule has 0 aliphatic rings. The molecule has 3 N–H and O–H groups in total. The van der Waals surface area contributed by atoms with Crippen molar-refractivity contribution < 1.29 is 12.8 Å². The fraction of sp³-hybridized carbons (Fsp3) is 0.273. The first-order chi connectivity index (χ1) is 9.01. The lowest BCUT2D eigenvalue weighted by molar-refractivity contribution is 0.413. The van der Waals surface area contributed by atoms with Crippen LogP contribution < -0.4 is 10.5 Å². The van der Waals surface area contributed by atoms with Gasteiger partial charge in [0.25, 0.3) is 10.0 Å². The van der Waals surface area contributed by atoms with E-state index in [1.807, 2.05) is 6.07 Å². The van der Waals surface area contributed by atoms with Crippen molar-refractivity contribution in [2.45, 2.75) is 18.1 Å². The zero-order valence-electron chi connectivity index (χ0n) is 9.93. The molecular weight excluding hydrogens is 308 g/mol. The smallest absolute Gasteiger partial charge is 0.273 e. The quantitative estimate of drug-likeness (QED) is 0.852. The van der Waals surface area contributed by atoms with Gasteiger partial charge in [-0.1, -0.05) is 11.6 Å². The molecule has 8 heteroatoms. The van der Waals surface area contributed by atoms with Crippen LogP contribution in [0.3, 0.4) is 0 Å². The summed E-state index contributed by atoms with van der Waals surface area (Å²) in [6, 6.07) is 6.61. The van der Waals surface area contributed by atoms with E-state index in [0.717, 1.165) is 4.88 Å². The van der Waals surface area contributed by atoms with Gasteiger partial charge in [0.15, 0.2) is 0 Å². The summed E-state index contributed by atoms with van der Waals surface area (Å²) in [4.78, 5) is 1.02. The number of rotatable bonds is 6. The Hall–Kier alpha value is -0.860. The lowest BCUT2D eigenvalue weighted by atomic mass is 10.3. The van der Waals surface area contributed by atoms with E-state index in [1.165, 1.54) is 17.4 Å². The molecule has 5 nitrogen and oxygen atoms in total. The molecular formula is C11H13ClN2O3S2. The summed E-state index contributed by atoms with van der Waals surface area (Å²) in [5.74, 6) is 0.436. The van der Waals surface area contributed by atoms with Crippen molar-refractivity contribution in [3.8, 4) is 0 Å². The minimum absolute atomic E-state index is 0.114. The van der Waals surface area contributed by atoms with Crippen molar-refractivity contribution in [3.63, 3.8) is 0 Å². The van der Waals surface area contributed by atoms with Crippen LogP contribution in [-0.2, 0) is 23.0 Å². The van der Waals surface area contributed by atoms with Crippen LogP contribution in [0.15, 0.2) is 33.8 Å². The van der Waals surface area contributed by atoms with Gasteiger partial charge in [0.1, 0.15) is 5.76 Å². The Balaban J connectivity index is 1.94. The van der Waals surface area contributed by atoms with E-state index < -0.39 is 10.0 Å². The normalized spacial score (nSPS) is 11.9. The van der Waals surface area contributed by atoms with Crippen molar-refractivity contribution in [1.29, 1.82) is 0 Å². The van der Waals surface area contributed by atoms with Crippen LogP contribution in [0.4, 0.5) is 0 Å². The van der Waals surface area contributed by atoms with E-state index in [9.17, 15) is 8.42 Å². The highest BCUT2D eigenvalue weighted by Gasteiger charge is 2.17. The number of halogens is 1. The number of hydrogen-bond acceptors (Lipinski definition) is 5. The maximum absolute atomic E-state index is 11.9. The highest BCUT2D eigenvalue weighted by Crippen LogP contribution is 2.21. The van der Waals surface area contributed by atoms with Crippen LogP contribution in [0.5, 0.6) is 0 Å². The third kappa shape index (κ3) is 3.80. The van der Waals surface area contributed by atoms with E-state index in [-0.39, 0.29) is 18.2 Å². The van der Waals surface area contributed by atoms with Crippen LogP contribution >= 0.6 is 22.9 Å². The molecule has 0 bridgehead atoms. The molecule has 0 unspecified atom stereocenters. The summed E-state index contributed by atoms with van der Waals surface area (Å²) in [5, 5.41) is -0.114. The largest absolute Gasteiger partial charge is 0.447 e. The molecule has 2 heterocycles. The van der Waals surface area contributed by atoms with E-state index in [0.29, 0.717) is 16.5 Å². The molecule has 0 atom stereocenters. The molecule has 0 aliphatic carbocycles. The lowest BCUT2D eigenvalue weighted by Gasteiger charge is -2.02. The highest BCUT2D eigenvalue weighted by atomic mass is 35.5. The summed E-state index contributed by atoms with van der Waals surface area (Å²) in [6.45, 7) is 0.459. The number of furan rings is 1. The molecule has 0 saturated heterocycles. The average Bonchev–Trinajstić information content (AvgIpc) is 2.98. The van der Waals surface area contributed by atoms with Crippen molar-refractivity contribution in [3.05, 3.63) is 39.2 Å². The Morgan fingerprint density at radius 3 is 2.68 bits per heavy atom. The molecule has 0 fully saturated rings. The Morgan fingerprint density at radius 2 is 2.11 bits per heavy atom. The van der Waals surface area contributed by atoms with Crippen molar-refractivity contribution in [2.24, 2.45) is 5.73 Å². The molecule has 0 spiro atoms. The zero-order valence-corrected chi connectivity index (χ0v) is 12.3. The Morgan fingerprint density at radius 1 is 1.32 bits per heavy atom. The van der Waals surface area contributed by atoms with Crippen molar-refractivity contribution in [1.82, 2.24) is 4.72 Å². The molecule has 2 aromatic rings. The first-order valence-corrected chi connectivity index (χ1v) is 8.21. The zero-order chi connectivity index (χ0) is 13.9. The van der Waals surface area contributed by atoms with Gasteiger partial charge in [-0.3, -0.25) is 0 Å².